The molecule has 4 rings (SSSR count). The van der Waals surface area contributed by atoms with Crippen LogP contribution in [-0.4, -0.2) is 42.3 Å². The summed E-state index contributed by atoms with van der Waals surface area (Å²) in [4.78, 5) is 38.9. The Labute approximate surface area is 199 Å². The molecule has 1 saturated heterocycles. The predicted molar refractivity (Wildman–Crippen MR) is 134 cm³/mol. The lowest BCUT2D eigenvalue weighted by atomic mass is 10.1. The first kappa shape index (κ1) is 23.0. The Bertz CT molecular complexity index is 1170. The molecule has 34 heavy (non-hydrogen) atoms. The van der Waals surface area contributed by atoms with Gasteiger partial charge in [0, 0.05) is 41.3 Å². The number of hydrogen-bond donors (Lipinski definition) is 3. The molecule has 1 heterocycles. The van der Waals surface area contributed by atoms with Gasteiger partial charge in [-0.1, -0.05) is 17.7 Å². The van der Waals surface area contributed by atoms with E-state index < -0.39 is 0 Å². The Morgan fingerprint density at radius 1 is 0.765 bits per heavy atom. The Kier molecular flexibility index (Phi) is 7.22. The van der Waals surface area contributed by atoms with Crippen LogP contribution in [0.1, 0.15) is 39.1 Å². The van der Waals surface area contributed by atoms with Gasteiger partial charge in [-0.25, -0.2) is 0 Å². The van der Waals surface area contributed by atoms with Crippen molar-refractivity contribution >= 4 is 34.8 Å². The SMILES string of the molecule is Cc1cccc(C(=O)Nc2ccc(NCC(=O)Nc3ccc(C(=O)N4CCCC4)cc3)cc2)c1. The highest BCUT2D eigenvalue weighted by Crippen LogP contribution is 2.17. The maximum Gasteiger partial charge on any atom is 0.255 e. The molecule has 1 aliphatic rings. The molecule has 3 amide bonds. The van der Waals surface area contributed by atoms with E-state index in [0.717, 1.165) is 37.2 Å². The van der Waals surface area contributed by atoms with Crippen molar-refractivity contribution in [2.24, 2.45) is 0 Å². The molecule has 3 aromatic rings. The van der Waals surface area contributed by atoms with Crippen molar-refractivity contribution in [1.29, 1.82) is 0 Å². The summed E-state index contributed by atoms with van der Waals surface area (Å²) >= 11 is 0. The van der Waals surface area contributed by atoms with E-state index in [1.807, 2.05) is 30.0 Å². The fourth-order valence-corrected chi connectivity index (χ4v) is 3.85. The van der Waals surface area contributed by atoms with Crippen LogP contribution < -0.4 is 16.0 Å². The molecular formula is C27H28N4O3. The van der Waals surface area contributed by atoms with Gasteiger partial charge in [0.05, 0.1) is 6.54 Å². The first-order valence-electron chi connectivity index (χ1n) is 11.4. The monoisotopic (exact) mass is 456 g/mol. The fraction of sp³-hybridized carbons (Fsp3) is 0.222. The number of carbonyl (C=O) groups excluding carboxylic acids is 3. The highest BCUT2D eigenvalue weighted by atomic mass is 16.2. The minimum Gasteiger partial charge on any atom is -0.376 e. The molecule has 0 aromatic heterocycles. The predicted octanol–water partition coefficient (Wildman–Crippen LogP) is 4.53. The van der Waals surface area contributed by atoms with Gasteiger partial charge in [0.1, 0.15) is 0 Å². The number of benzene rings is 3. The minimum atomic E-state index is -0.199. The van der Waals surface area contributed by atoms with Crippen molar-refractivity contribution in [2.75, 3.05) is 35.6 Å². The molecule has 3 aromatic carbocycles. The van der Waals surface area contributed by atoms with Crippen LogP contribution in [0.5, 0.6) is 0 Å². The van der Waals surface area contributed by atoms with Crippen molar-refractivity contribution in [3.8, 4) is 0 Å². The lowest BCUT2D eigenvalue weighted by Crippen LogP contribution is -2.27. The molecule has 0 saturated carbocycles. The van der Waals surface area contributed by atoms with Crippen LogP contribution in [0, 0.1) is 6.92 Å². The van der Waals surface area contributed by atoms with Crippen LogP contribution in [0.25, 0.3) is 0 Å². The van der Waals surface area contributed by atoms with Gasteiger partial charge in [-0.15, -0.1) is 0 Å². The van der Waals surface area contributed by atoms with Crippen molar-refractivity contribution in [1.82, 2.24) is 4.90 Å². The molecule has 0 spiro atoms. The number of likely N-dealkylation sites (tertiary alicyclic amines) is 1. The minimum absolute atomic E-state index is 0.0376. The summed E-state index contributed by atoms with van der Waals surface area (Å²) < 4.78 is 0. The van der Waals surface area contributed by atoms with Gasteiger partial charge in [-0.05, 0) is 80.4 Å². The average Bonchev–Trinajstić information content (AvgIpc) is 3.39. The van der Waals surface area contributed by atoms with Crippen LogP contribution in [0.4, 0.5) is 17.1 Å². The van der Waals surface area contributed by atoms with Gasteiger partial charge in [-0.3, -0.25) is 14.4 Å². The van der Waals surface area contributed by atoms with Crippen molar-refractivity contribution in [3.63, 3.8) is 0 Å². The van der Waals surface area contributed by atoms with Gasteiger partial charge in [-0.2, -0.15) is 0 Å². The number of hydrogen-bond acceptors (Lipinski definition) is 4. The quantitative estimate of drug-likeness (QED) is 0.487. The van der Waals surface area contributed by atoms with E-state index in [0.29, 0.717) is 22.5 Å². The topological polar surface area (TPSA) is 90.5 Å². The van der Waals surface area contributed by atoms with Gasteiger partial charge >= 0.3 is 0 Å². The summed E-state index contributed by atoms with van der Waals surface area (Å²) in [5.41, 5.74) is 4.33. The molecule has 7 nitrogen and oxygen atoms in total. The number of anilines is 3. The lowest BCUT2D eigenvalue weighted by Gasteiger charge is -2.15. The molecule has 174 valence electrons. The third kappa shape index (κ3) is 6.01. The molecule has 0 unspecified atom stereocenters. The van der Waals surface area contributed by atoms with Crippen molar-refractivity contribution < 1.29 is 14.4 Å². The molecule has 1 fully saturated rings. The van der Waals surface area contributed by atoms with Crippen LogP contribution >= 0.6 is 0 Å². The van der Waals surface area contributed by atoms with Crippen molar-refractivity contribution in [2.45, 2.75) is 19.8 Å². The molecule has 0 atom stereocenters. The third-order valence-electron chi connectivity index (χ3n) is 5.68. The van der Waals surface area contributed by atoms with Crippen LogP contribution in [0.15, 0.2) is 72.8 Å². The van der Waals surface area contributed by atoms with E-state index in [1.165, 1.54) is 0 Å². The van der Waals surface area contributed by atoms with E-state index >= 15 is 0 Å². The second-order valence-corrected chi connectivity index (χ2v) is 8.38. The van der Waals surface area contributed by atoms with E-state index in [4.69, 9.17) is 0 Å². The first-order chi connectivity index (χ1) is 16.5. The highest BCUT2D eigenvalue weighted by Gasteiger charge is 2.19. The number of aryl methyl sites for hydroxylation is 1. The standard InChI is InChI=1S/C27H28N4O3/c1-19-5-4-6-21(17-19)26(33)30-24-13-11-22(12-14-24)28-18-25(32)29-23-9-7-20(8-10-23)27(34)31-15-2-3-16-31/h4-14,17,28H,2-3,15-16,18H2,1H3,(H,29,32)(H,30,33). The Balaban J connectivity index is 1.24. The van der Waals surface area contributed by atoms with E-state index in [1.54, 1.807) is 54.6 Å². The van der Waals surface area contributed by atoms with Crippen LogP contribution in [0.3, 0.4) is 0 Å². The lowest BCUT2D eigenvalue weighted by molar-refractivity contribution is -0.114. The zero-order valence-corrected chi connectivity index (χ0v) is 19.1. The molecule has 0 aliphatic carbocycles. The number of rotatable bonds is 7. The second-order valence-electron chi connectivity index (χ2n) is 8.38. The molecule has 3 N–H and O–H groups in total. The number of amides is 3. The first-order valence-corrected chi connectivity index (χ1v) is 11.4. The summed E-state index contributed by atoms with van der Waals surface area (Å²) in [6.07, 6.45) is 2.11. The van der Waals surface area contributed by atoms with Crippen molar-refractivity contribution in [3.05, 3.63) is 89.5 Å². The zero-order valence-electron chi connectivity index (χ0n) is 19.1. The van der Waals surface area contributed by atoms with Gasteiger partial charge in [0.2, 0.25) is 5.91 Å². The third-order valence-corrected chi connectivity index (χ3v) is 5.68. The van der Waals surface area contributed by atoms with Crippen LogP contribution in [-0.2, 0) is 4.79 Å². The molecular weight excluding hydrogens is 428 g/mol. The van der Waals surface area contributed by atoms with E-state index in [9.17, 15) is 14.4 Å². The Morgan fingerprint density at radius 2 is 1.38 bits per heavy atom. The summed E-state index contributed by atoms with van der Waals surface area (Å²) in [6, 6.07) is 21.5. The molecule has 7 heteroatoms. The normalized spacial score (nSPS) is 12.8. The average molecular weight is 457 g/mol. The number of carbonyl (C=O) groups is 3. The summed E-state index contributed by atoms with van der Waals surface area (Å²) in [7, 11) is 0. The maximum atomic E-state index is 12.4. The van der Waals surface area contributed by atoms with Gasteiger partial charge in [0.15, 0.2) is 0 Å². The van der Waals surface area contributed by atoms with E-state index in [2.05, 4.69) is 16.0 Å². The highest BCUT2D eigenvalue weighted by molar-refractivity contribution is 6.04. The van der Waals surface area contributed by atoms with Crippen LogP contribution in [0.2, 0.25) is 0 Å². The van der Waals surface area contributed by atoms with Gasteiger partial charge in [0.25, 0.3) is 11.8 Å². The number of nitrogens with one attached hydrogen (secondary N) is 3. The summed E-state index contributed by atoms with van der Waals surface area (Å²) in [6.45, 7) is 3.65. The van der Waals surface area contributed by atoms with E-state index in [-0.39, 0.29) is 24.3 Å². The maximum absolute atomic E-state index is 12.4. The fourth-order valence-electron chi connectivity index (χ4n) is 3.85. The zero-order chi connectivity index (χ0) is 23.9. The number of nitrogens with zero attached hydrogens (tertiary/aromatic N) is 1. The summed E-state index contributed by atoms with van der Waals surface area (Å²) in [5, 5.41) is 8.76. The Hall–Kier alpha value is -4.13. The smallest absolute Gasteiger partial charge is 0.255 e. The second kappa shape index (κ2) is 10.7. The molecule has 1 aliphatic heterocycles. The Morgan fingerprint density at radius 3 is 2.06 bits per heavy atom. The molecule has 0 radical (unpaired) electrons. The van der Waals surface area contributed by atoms with Gasteiger partial charge < -0.3 is 20.9 Å². The molecule has 0 bridgehead atoms. The summed E-state index contributed by atoms with van der Waals surface area (Å²) in [5.74, 6) is -0.331. The largest absolute Gasteiger partial charge is 0.376 e.